The van der Waals surface area contributed by atoms with Gasteiger partial charge in [0.05, 0.1) is 11.1 Å². The smallest absolute Gasteiger partial charge is 0.410 e. The normalized spacial score (nSPS) is 28.6. The largest absolute Gasteiger partial charge is 0.455 e. The average molecular weight is 520 g/mol. The first kappa shape index (κ1) is 26.3. The van der Waals surface area contributed by atoms with Gasteiger partial charge in [0.2, 0.25) is 0 Å². The van der Waals surface area contributed by atoms with Gasteiger partial charge in [-0.05, 0) is 94.4 Å². The Bertz CT molecular complexity index is 1140. The van der Waals surface area contributed by atoms with E-state index in [4.69, 9.17) is 14.2 Å². The molecule has 1 amide bonds. The number of hydrogen-bond donors (Lipinski definition) is 0. The van der Waals surface area contributed by atoms with E-state index in [0.29, 0.717) is 54.8 Å². The van der Waals surface area contributed by atoms with Gasteiger partial charge in [-0.25, -0.2) is 14.4 Å². The Kier molecular flexibility index (Phi) is 7.46. The molecular weight excluding hydrogens is 482 g/mol. The number of rotatable bonds is 4. The van der Waals surface area contributed by atoms with Crippen molar-refractivity contribution in [1.29, 1.82) is 0 Å². The van der Waals surface area contributed by atoms with Gasteiger partial charge in [0, 0.05) is 13.1 Å². The molecule has 2 aromatic rings. The van der Waals surface area contributed by atoms with Crippen LogP contribution >= 0.6 is 0 Å². The first-order valence-electron chi connectivity index (χ1n) is 13.7. The van der Waals surface area contributed by atoms with Crippen molar-refractivity contribution in [3.8, 4) is 0 Å². The maximum absolute atomic E-state index is 13.0. The van der Waals surface area contributed by atoms with E-state index in [9.17, 15) is 14.4 Å². The van der Waals surface area contributed by atoms with Crippen LogP contribution in [0.1, 0.15) is 67.2 Å². The quantitative estimate of drug-likeness (QED) is 0.378. The number of benzene rings is 2. The van der Waals surface area contributed by atoms with Crippen molar-refractivity contribution in [3.05, 3.63) is 71.8 Å². The van der Waals surface area contributed by atoms with Crippen LogP contribution in [0.4, 0.5) is 4.79 Å². The van der Waals surface area contributed by atoms with Crippen molar-refractivity contribution in [3.63, 3.8) is 0 Å². The Balaban J connectivity index is 1.33. The van der Waals surface area contributed by atoms with Crippen LogP contribution in [0.15, 0.2) is 60.7 Å². The molecule has 5 rings (SSSR count). The van der Waals surface area contributed by atoms with Crippen LogP contribution in [0.2, 0.25) is 0 Å². The van der Waals surface area contributed by atoms with Gasteiger partial charge in [0.15, 0.2) is 0 Å². The minimum Gasteiger partial charge on any atom is -0.455 e. The molecule has 0 aromatic heterocycles. The fourth-order valence-electron chi connectivity index (χ4n) is 6.49. The third-order valence-corrected chi connectivity index (χ3v) is 8.20. The molecule has 3 fully saturated rings. The van der Waals surface area contributed by atoms with Gasteiger partial charge in [-0.3, -0.25) is 0 Å². The second-order valence-corrected chi connectivity index (χ2v) is 11.9. The molecule has 0 spiro atoms. The molecular formula is C31H37NO6. The highest BCUT2D eigenvalue weighted by molar-refractivity contribution is 5.90. The Morgan fingerprint density at radius 3 is 1.79 bits per heavy atom. The summed E-state index contributed by atoms with van der Waals surface area (Å²) in [6.07, 6.45) is 1.96. The molecule has 1 heterocycles. The van der Waals surface area contributed by atoms with Gasteiger partial charge < -0.3 is 19.1 Å². The van der Waals surface area contributed by atoms with Crippen molar-refractivity contribution in [2.24, 2.45) is 23.7 Å². The molecule has 0 N–H and O–H groups in total. The molecule has 0 radical (unpaired) electrons. The van der Waals surface area contributed by atoms with E-state index >= 15 is 0 Å². The van der Waals surface area contributed by atoms with Crippen LogP contribution in [0.3, 0.4) is 0 Å². The summed E-state index contributed by atoms with van der Waals surface area (Å²) in [6, 6.07) is 17.8. The Morgan fingerprint density at radius 1 is 0.711 bits per heavy atom. The van der Waals surface area contributed by atoms with E-state index in [1.807, 2.05) is 37.8 Å². The summed E-state index contributed by atoms with van der Waals surface area (Å²) in [5.74, 6) is 0.517. The summed E-state index contributed by atoms with van der Waals surface area (Å²) in [7, 11) is 0. The van der Waals surface area contributed by atoms with Gasteiger partial charge in [0.1, 0.15) is 17.8 Å². The topological polar surface area (TPSA) is 82.1 Å². The molecule has 2 aliphatic carbocycles. The van der Waals surface area contributed by atoms with Crippen molar-refractivity contribution in [2.75, 3.05) is 13.1 Å². The lowest BCUT2D eigenvalue weighted by atomic mass is 9.61. The molecule has 1 saturated heterocycles. The Morgan fingerprint density at radius 2 is 1.24 bits per heavy atom. The summed E-state index contributed by atoms with van der Waals surface area (Å²) in [5, 5.41) is 0. The fraction of sp³-hybridized carbons (Fsp3) is 0.516. The third kappa shape index (κ3) is 5.87. The summed E-state index contributed by atoms with van der Waals surface area (Å²) in [6.45, 7) is 6.99. The SMILES string of the molecule is CC(C)(C)OC(=O)N1CC2CCC3CC(OC(=O)c4ccccc4)C(OC(=O)c4ccccc4)CC3C2C1. The fourth-order valence-corrected chi connectivity index (χ4v) is 6.49. The minimum absolute atomic E-state index is 0.263. The number of nitrogens with zero attached hydrogens (tertiary/aromatic N) is 1. The minimum atomic E-state index is -0.550. The average Bonchev–Trinajstić information content (AvgIpc) is 3.34. The van der Waals surface area contributed by atoms with Crippen molar-refractivity contribution in [1.82, 2.24) is 4.90 Å². The maximum Gasteiger partial charge on any atom is 0.410 e. The van der Waals surface area contributed by atoms with Crippen LogP contribution < -0.4 is 0 Å². The highest BCUT2D eigenvalue weighted by atomic mass is 16.6. The molecule has 2 aromatic carbocycles. The van der Waals surface area contributed by atoms with Gasteiger partial charge >= 0.3 is 18.0 Å². The predicted molar refractivity (Wildman–Crippen MR) is 142 cm³/mol. The highest BCUT2D eigenvalue weighted by Gasteiger charge is 2.51. The van der Waals surface area contributed by atoms with Gasteiger partial charge in [-0.15, -0.1) is 0 Å². The first-order valence-corrected chi connectivity index (χ1v) is 13.7. The van der Waals surface area contributed by atoms with Gasteiger partial charge in [-0.1, -0.05) is 36.4 Å². The predicted octanol–water partition coefficient (Wildman–Crippen LogP) is 5.74. The molecule has 202 valence electrons. The van der Waals surface area contributed by atoms with E-state index < -0.39 is 29.7 Å². The van der Waals surface area contributed by atoms with E-state index in [1.54, 1.807) is 48.5 Å². The molecule has 3 aliphatic rings. The number of carbonyl (C=O) groups is 3. The summed E-state index contributed by atoms with van der Waals surface area (Å²) in [5.41, 5.74) is 0.418. The molecule has 6 unspecified atom stereocenters. The molecule has 7 nitrogen and oxygen atoms in total. The van der Waals surface area contributed by atoms with Crippen LogP contribution in [-0.4, -0.2) is 53.8 Å². The standard InChI is InChI=1S/C31H37NO6/c1-31(2,3)38-30(35)32-18-23-15-14-22-16-26(36-28(33)20-10-6-4-7-11-20)27(17-24(22)25(23)19-32)37-29(34)21-12-8-5-9-13-21/h4-13,22-27H,14-19H2,1-3H3. The second kappa shape index (κ2) is 10.8. The number of hydrogen-bond acceptors (Lipinski definition) is 6. The lowest BCUT2D eigenvalue weighted by Crippen LogP contribution is -2.49. The molecule has 0 bridgehead atoms. The summed E-state index contributed by atoms with van der Waals surface area (Å²) >= 11 is 0. The Labute approximate surface area is 224 Å². The molecule has 1 aliphatic heterocycles. The van der Waals surface area contributed by atoms with E-state index in [0.717, 1.165) is 12.8 Å². The summed E-state index contributed by atoms with van der Waals surface area (Å²) in [4.78, 5) is 40.7. The van der Waals surface area contributed by atoms with Crippen molar-refractivity contribution in [2.45, 2.75) is 64.3 Å². The van der Waals surface area contributed by atoms with Crippen LogP contribution in [0.5, 0.6) is 0 Å². The number of carbonyl (C=O) groups excluding carboxylic acids is 3. The van der Waals surface area contributed by atoms with Gasteiger partial charge in [-0.2, -0.15) is 0 Å². The maximum atomic E-state index is 13.0. The molecule has 7 heteroatoms. The number of amides is 1. The van der Waals surface area contributed by atoms with E-state index in [-0.39, 0.29) is 12.0 Å². The lowest BCUT2D eigenvalue weighted by molar-refractivity contribution is -0.0926. The highest BCUT2D eigenvalue weighted by Crippen LogP contribution is 2.50. The van der Waals surface area contributed by atoms with Crippen LogP contribution in [0.25, 0.3) is 0 Å². The Hall–Kier alpha value is -3.35. The monoisotopic (exact) mass is 519 g/mol. The number of esters is 2. The van der Waals surface area contributed by atoms with E-state index in [1.165, 1.54) is 0 Å². The number of ether oxygens (including phenoxy) is 3. The first-order chi connectivity index (χ1) is 18.2. The second-order valence-electron chi connectivity index (χ2n) is 11.9. The molecule has 2 saturated carbocycles. The third-order valence-electron chi connectivity index (χ3n) is 8.20. The molecule has 6 atom stereocenters. The molecule has 38 heavy (non-hydrogen) atoms. The van der Waals surface area contributed by atoms with Crippen LogP contribution in [-0.2, 0) is 14.2 Å². The number of fused-ring (bicyclic) bond motifs is 3. The van der Waals surface area contributed by atoms with Crippen molar-refractivity contribution < 1.29 is 28.6 Å². The lowest BCUT2D eigenvalue weighted by Gasteiger charge is -2.47. The zero-order chi connectivity index (χ0) is 26.9. The summed E-state index contributed by atoms with van der Waals surface area (Å²) < 4.78 is 17.7. The zero-order valence-electron chi connectivity index (χ0n) is 22.4. The van der Waals surface area contributed by atoms with Gasteiger partial charge in [0.25, 0.3) is 0 Å². The van der Waals surface area contributed by atoms with Crippen molar-refractivity contribution >= 4 is 18.0 Å². The zero-order valence-corrected chi connectivity index (χ0v) is 22.4. The van der Waals surface area contributed by atoms with Crippen LogP contribution in [0, 0.1) is 23.7 Å². The number of likely N-dealkylation sites (tertiary alicyclic amines) is 1. The van der Waals surface area contributed by atoms with E-state index in [2.05, 4.69) is 0 Å².